The first-order chi connectivity index (χ1) is 11.6. The molecule has 1 amide bonds. The molecule has 2 aliphatic heterocycles. The molecule has 6 heteroatoms. The molecule has 1 aromatic rings. The minimum absolute atomic E-state index is 0.328. The van der Waals surface area contributed by atoms with Crippen molar-refractivity contribution in [1.82, 2.24) is 19.8 Å². The number of carbonyl (C=O) groups is 1. The van der Waals surface area contributed by atoms with Gasteiger partial charge in [-0.1, -0.05) is 6.92 Å². The zero-order valence-electron chi connectivity index (χ0n) is 15.1. The monoisotopic (exact) mass is 333 g/mol. The van der Waals surface area contributed by atoms with Crippen molar-refractivity contribution in [2.75, 3.05) is 26.2 Å². The number of piperidine rings is 2. The number of amides is 1. The Labute approximate surface area is 144 Å². The highest BCUT2D eigenvalue weighted by molar-refractivity contribution is 5.77. The quantitative estimate of drug-likeness (QED) is 0.826. The summed E-state index contributed by atoms with van der Waals surface area (Å²) in [7, 11) is 0. The fourth-order valence-corrected chi connectivity index (χ4v) is 4.22. The fourth-order valence-electron chi connectivity index (χ4n) is 4.22. The van der Waals surface area contributed by atoms with Gasteiger partial charge in [-0.05, 0) is 38.6 Å². The number of imidazole rings is 1. The number of aromatic amines is 1. The number of nitrogens with two attached hydrogens (primary N) is 1. The Bertz CT molecular complexity index is 570. The molecule has 0 unspecified atom stereocenters. The average molecular weight is 333 g/mol. The molecule has 0 aromatic carbocycles. The number of hydrogen-bond acceptors (Lipinski definition) is 4. The van der Waals surface area contributed by atoms with Gasteiger partial charge >= 0.3 is 0 Å². The number of H-pyrrole nitrogens is 1. The molecule has 0 spiro atoms. The lowest BCUT2D eigenvalue weighted by molar-refractivity contribution is -0.141. The number of likely N-dealkylation sites (tertiary alicyclic amines) is 2. The SMILES string of the molecule is CCc1nc(CN2CC[C@@H]3[C@@H](CCC(=O)N3CCCN)C2)c(C)[nH]1. The van der Waals surface area contributed by atoms with E-state index in [-0.39, 0.29) is 0 Å². The Balaban J connectivity index is 1.62. The van der Waals surface area contributed by atoms with Crippen molar-refractivity contribution in [2.45, 2.75) is 58.5 Å². The van der Waals surface area contributed by atoms with Crippen LogP contribution in [0.25, 0.3) is 0 Å². The number of carbonyl (C=O) groups excluding carboxylic acids is 1. The maximum Gasteiger partial charge on any atom is 0.222 e. The van der Waals surface area contributed by atoms with E-state index in [4.69, 9.17) is 10.7 Å². The van der Waals surface area contributed by atoms with Crippen LogP contribution in [0.15, 0.2) is 0 Å². The highest BCUT2D eigenvalue weighted by atomic mass is 16.2. The molecule has 24 heavy (non-hydrogen) atoms. The van der Waals surface area contributed by atoms with E-state index >= 15 is 0 Å². The standard InChI is InChI=1S/C18H31N5O/c1-3-17-20-13(2)15(21-17)12-22-10-7-16-14(11-22)5-6-18(24)23(16)9-4-8-19/h14,16H,3-12,19H2,1-2H3,(H,20,21)/t14-,16+/m0/s1. The van der Waals surface area contributed by atoms with Gasteiger partial charge in [0.1, 0.15) is 5.82 Å². The second-order valence-corrected chi connectivity index (χ2v) is 7.23. The molecular weight excluding hydrogens is 302 g/mol. The van der Waals surface area contributed by atoms with Gasteiger partial charge in [-0.2, -0.15) is 0 Å². The number of nitrogens with one attached hydrogen (secondary N) is 1. The number of fused-ring (bicyclic) bond motifs is 1. The number of aromatic nitrogens is 2. The van der Waals surface area contributed by atoms with Crippen LogP contribution in [-0.2, 0) is 17.8 Å². The first-order valence-corrected chi connectivity index (χ1v) is 9.38. The highest BCUT2D eigenvalue weighted by Gasteiger charge is 2.38. The van der Waals surface area contributed by atoms with E-state index in [1.165, 1.54) is 11.4 Å². The second-order valence-electron chi connectivity index (χ2n) is 7.23. The second kappa shape index (κ2) is 7.66. The van der Waals surface area contributed by atoms with Crippen molar-refractivity contribution in [3.05, 3.63) is 17.2 Å². The number of hydrogen-bond donors (Lipinski definition) is 2. The van der Waals surface area contributed by atoms with Gasteiger partial charge in [0, 0.05) is 50.8 Å². The zero-order chi connectivity index (χ0) is 17.1. The fraction of sp³-hybridized carbons (Fsp3) is 0.778. The molecule has 3 N–H and O–H groups in total. The third-order valence-corrected chi connectivity index (χ3v) is 5.57. The molecule has 0 radical (unpaired) electrons. The van der Waals surface area contributed by atoms with Crippen LogP contribution in [0.3, 0.4) is 0 Å². The number of nitrogens with zero attached hydrogens (tertiary/aromatic N) is 3. The molecule has 2 aliphatic rings. The molecule has 134 valence electrons. The maximum atomic E-state index is 12.3. The lowest BCUT2D eigenvalue weighted by Gasteiger charge is -2.47. The van der Waals surface area contributed by atoms with E-state index < -0.39 is 0 Å². The van der Waals surface area contributed by atoms with E-state index in [0.717, 1.165) is 57.7 Å². The van der Waals surface area contributed by atoms with Gasteiger partial charge in [-0.15, -0.1) is 0 Å². The maximum absolute atomic E-state index is 12.3. The number of rotatable bonds is 6. The summed E-state index contributed by atoms with van der Waals surface area (Å²) < 4.78 is 0. The summed E-state index contributed by atoms with van der Waals surface area (Å²) in [4.78, 5) is 25.0. The van der Waals surface area contributed by atoms with E-state index in [0.29, 0.717) is 30.8 Å². The highest BCUT2D eigenvalue weighted by Crippen LogP contribution is 2.32. The summed E-state index contributed by atoms with van der Waals surface area (Å²) in [6.07, 6.45) is 4.65. The van der Waals surface area contributed by atoms with Crippen LogP contribution < -0.4 is 5.73 Å². The zero-order valence-corrected chi connectivity index (χ0v) is 15.1. The van der Waals surface area contributed by atoms with Crippen molar-refractivity contribution < 1.29 is 4.79 Å². The normalized spacial score (nSPS) is 25.1. The third-order valence-electron chi connectivity index (χ3n) is 5.57. The lowest BCUT2D eigenvalue weighted by atomic mass is 9.83. The van der Waals surface area contributed by atoms with Crippen LogP contribution in [0, 0.1) is 12.8 Å². The summed E-state index contributed by atoms with van der Waals surface area (Å²) >= 11 is 0. The van der Waals surface area contributed by atoms with Gasteiger partial charge in [0.25, 0.3) is 0 Å². The summed E-state index contributed by atoms with van der Waals surface area (Å²) in [5, 5.41) is 0. The van der Waals surface area contributed by atoms with Crippen molar-refractivity contribution in [3.63, 3.8) is 0 Å². The molecule has 2 saturated heterocycles. The van der Waals surface area contributed by atoms with Crippen LogP contribution in [0.1, 0.15) is 49.8 Å². The van der Waals surface area contributed by atoms with Gasteiger partial charge in [0.05, 0.1) is 5.69 Å². The molecule has 6 nitrogen and oxygen atoms in total. The van der Waals surface area contributed by atoms with Crippen LogP contribution >= 0.6 is 0 Å². The summed E-state index contributed by atoms with van der Waals surface area (Å²) in [5.74, 6) is 2.00. The van der Waals surface area contributed by atoms with Crippen molar-refractivity contribution in [2.24, 2.45) is 11.7 Å². The Morgan fingerprint density at radius 1 is 1.38 bits per heavy atom. The molecule has 1 aromatic heterocycles. The molecular formula is C18H31N5O. The Morgan fingerprint density at radius 3 is 2.92 bits per heavy atom. The third kappa shape index (κ3) is 3.64. The van der Waals surface area contributed by atoms with E-state index in [1.54, 1.807) is 0 Å². The van der Waals surface area contributed by atoms with Crippen molar-refractivity contribution >= 4 is 5.91 Å². The molecule has 0 bridgehead atoms. The largest absolute Gasteiger partial charge is 0.346 e. The molecule has 3 rings (SSSR count). The first-order valence-electron chi connectivity index (χ1n) is 9.38. The lowest BCUT2D eigenvalue weighted by Crippen LogP contribution is -2.56. The Hall–Kier alpha value is -1.40. The van der Waals surface area contributed by atoms with Gasteiger partial charge in [-0.25, -0.2) is 4.98 Å². The smallest absolute Gasteiger partial charge is 0.222 e. The summed E-state index contributed by atoms with van der Waals surface area (Å²) in [6, 6.07) is 0.417. The van der Waals surface area contributed by atoms with Crippen molar-refractivity contribution in [1.29, 1.82) is 0 Å². The molecule has 3 heterocycles. The van der Waals surface area contributed by atoms with Crippen LogP contribution in [0.5, 0.6) is 0 Å². The van der Waals surface area contributed by atoms with Gasteiger partial charge in [0.2, 0.25) is 5.91 Å². The van der Waals surface area contributed by atoms with Crippen LogP contribution in [0.4, 0.5) is 0 Å². The Kier molecular flexibility index (Phi) is 5.56. The topological polar surface area (TPSA) is 78.2 Å². The molecule has 2 atom stereocenters. The number of aryl methyl sites for hydroxylation is 2. The van der Waals surface area contributed by atoms with Crippen LogP contribution in [0.2, 0.25) is 0 Å². The molecule has 2 fully saturated rings. The minimum atomic E-state index is 0.328. The average Bonchev–Trinajstić information content (AvgIpc) is 2.94. The summed E-state index contributed by atoms with van der Waals surface area (Å²) in [6.45, 7) is 8.76. The minimum Gasteiger partial charge on any atom is -0.346 e. The van der Waals surface area contributed by atoms with E-state index in [2.05, 4.69) is 28.6 Å². The van der Waals surface area contributed by atoms with Gasteiger partial charge < -0.3 is 15.6 Å². The van der Waals surface area contributed by atoms with E-state index in [1.807, 2.05) is 0 Å². The Morgan fingerprint density at radius 2 is 2.21 bits per heavy atom. The van der Waals surface area contributed by atoms with Crippen LogP contribution in [-0.4, -0.2) is 57.9 Å². The van der Waals surface area contributed by atoms with Gasteiger partial charge in [0.15, 0.2) is 0 Å². The molecule has 0 saturated carbocycles. The van der Waals surface area contributed by atoms with Crippen molar-refractivity contribution in [3.8, 4) is 0 Å². The first kappa shape index (κ1) is 17.4. The predicted octanol–water partition coefficient (Wildman–Crippen LogP) is 1.44. The molecule has 0 aliphatic carbocycles. The predicted molar refractivity (Wildman–Crippen MR) is 94.5 cm³/mol. The summed E-state index contributed by atoms with van der Waals surface area (Å²) in [5.41, 5.74) is 8.01. The van der Waals surface area contributed by atoms with E-state index in [9.17, 15) is 4.79 Å². The van der Waals surface area contributed by atoms with Gasteiger partial charge in [-0.3, -0.25) is 9.69 Å².